The predicted octanol–water partition coefficient (Wildman–Crippen LogP) is 4.72. The Morgan fingerprint density at radius 2 is 1.60 bits per heavy atom. The van der Waals surface area contributed by atoms with Crippen molar-refractivity contribution >= 4 is 27.5 Å². The Hall–Kier alpha value is -4.72. The number of nitrogens with one attached hydrogen (secondary N) is 1. The van der Waals surface area contributed by atoms with Crippen LogP contribution in [0, 0.1) is 6.92 Å². The van der Waals surface area contributed by atoms with Crippen LogP contribution in [0.5, 0.6) is 11.5 Å². The zero-order valence-corrected chi connectivity index (χ0v) is 29.9. The van der Waals surface area contributed by atoms with Gasteiger partial charge in [-0.1, -0.05) is 42.5 Å². The largest absolute Gasteiger partial charge is 0.493 e. The third-order valence-electron chi connectivity index (χ3n) is 9.91. The minimum Gasteiger partial charge on any atom is -0.493 e. The van der Waals surface area contributed by atoms with Crippen LogP contribution < -0.4 is 19.1 Å². The number of benzene rings is 3. The average molecular weight is 701 g/mol. The van der Waals surface area contributed by atoms with E-state index in [4.69, 9.17) is 9.47 Å². The van der Waals surface area contributed by atoms with Gasteiger partial charge in [0.1, 0.15) is 5.82 Å². The Kier molecular flexibility index (Phi) is 10.3. The van der Waals surface area contributed by atoms with E-state index in [2.05, 4.69) is 50.7 Å². The summed E-state index contributed by atoms with van der Waals surface area (Å²) < 4.78 is 41.2. The first-order valence-corrected chi connectivity index (χ1v) is 18.3. The van der Waals surface area contributed by atoms with Gasteiger partial charge in [-0.2, -0.15) is 0 Å². The maximum absolute atomic E-state index is 14.4. The number of hydrogen-bond acceptors (Lipinski definition) is 9. The molecule has 13 heteroatoms. The number of carbonyl (C=O) groups is 2. The van der Waals surface area contributed by atoms with Crippen molar-refractivity contribution in [1.29, 1.82) is 0 Å². The third kappa shape index (κ3) is 6.72. The van der Waals surface area contributed by atoms with Crippen LogP contribution in [-0.4, -0.2) is 86.5 Å². The molecule has 2 amide bonds. The van der Waals surface area contributed by atoms with Crippen molar-refractivity contribution in [1.82, 2.24) is 24.1 Å². The minimum atomic E-state index is -3.82. The number of ether oxygens (including phenoxy) is 2. The lowest BCUT2D eigenvalue weighted by molar-refractivity contribution is 0.0572. The molecule has 1 unspecified atom stereocenters. The number of hydrogen-bond donors (Lipinski definition) is 1. The highest BCUT2D eigenvalue weighted by atomic mass is 32.2. The second-order valence-corrected chi connectivity index (χ2v) is 14.4. The molecule has 50 heavy (non-hydrogen) atoms. The van der Waals surface area contributed by atoms with E-state index in [-0.39, 0.29) is 29.4 Å². The quantitative estimate of drug-likeness (QED) is 0.156. The summed E-state index contributed by atoms with van der Waals surface area (Å²) in [5.41, 5.74) is 3.46. The molecule has 1 fully saturated rings. The number of nitrogens with zero attached hydrogens (tertiary/aromatic N) is 5. The topological polar surface area (TPSA) is 126 Å². The molecule has 2 aliphatic heterocycles. The molecule has 2 atom stereocenters. The van der Waals surface area contributed by atoms with Crippen molar-refractivity contribution in [2.45, 2.75) is 43.8 Å². The molecule has 264 valence electrons. The third-order valence-corrected chi connectivity index (χ3v) is 11.4. The van der Waals surface area contributed by atoms with Gasteiger partial charge in [0.25, 0.3) is 21.8 Å². The molecule has 1 N–H and O–H groups in total. The Balaban J connectivity index is 1.24. The van der Waals surface area contributed by atoms with E-state index in [1.807, 2.05) is 24.3 Å². The van der Waals surface area contributed by atoms with E-state index in [9.17, 15) is 18.0 Å². The number of anilines is 1. The summed E-state index contributed by atoms with van der Waals surface area (Å²) in [6.45, 7) is 7.09. The van der Waals surface area contributed by atoms with Gasteiger partial charge in [-0.3, -0.25) is 19.4 Å². The number of methoxy groups -OCH3 is 2. The number of imide groups is 1. The van der Waals surface area contributed by atoms with Crippen LogP contribution >= 0.6 is 0 Å². The van der Waals surface area contributed by atoms with Gasteiger partial charge >= 0.3 is 0 Å². The first kappa shape index (κ1) is 35.1. The Morgan fingerprint density at radius 1 is 0.880 bits per heavy atom. The number of fused-ring (bicyclic) bond motifs is 1. The van der Waals surface area contributed by atoms with Gasteiger partial charge < -0.3 is 18.9 Å². The van der Waals surface area contributed by atoms with Gasteiger partial charge in [-0.15, -0.1) is 0 Å². The van der Waals surface area contributed by atoms with Crippen LogP contribution in [0.15, 0.2) is 78.0 Å². The molecular weight excluding hydrogens is 657 g/mol. The summed E-state index contributed by atoms with van der Waals surface area (Å²) in [4.78, 5) is 38.6. The van der Waals surface area contributed by atoms with E-state index in [0.29, 0.717) is 59.9 Å². The maximum Gasteiger partial charge on any atom is 0.264 e. The van der Waals surface area contributed by atoms with Crippen molar-refractivity contribution in [2.24, 2.45) is 7.05 Å². The van der Waals surface area contributed by atoms with Crippen LogP contribution in [0.4, 0.5) is 5.69 Å². The van der Waals surface area contributed by atoms with Gasteiger partial charge in [0.05, 0.1) is 43.3 Å². The highest BCUT2D eigenvalue weighted by Gasteiger charge is 2.43. The number of sulfonamides is 1. The lowest BCUT2D eigenvalue weighted by Gasteiger charge is -2.39. The van der Waals surface area contributed by atoms with Crippen molar-refractivity contribution in [3.8, 4) is 11.5 Å². The molecule has 0 aliphatic carbocycles. The number of imidazole rings is 1. The van der Waals surface area contributed by atoms with Crippen molar-refractivity contribution in [3.63, 3.8) is 0 Å². The molecule has 4 aromatic rings. The fourth-order valence-electron chi connectivity index (χ4n) is 6.94. The number of aromatic nitrogens is 2. The molecular formula is C37H44N6O6S. The first-order valence-electron chi connectivity index (χ1n) is 16.8. The summed E-state index contributed by atoms with van der Waals surface area (Å²) in [6.07, 6.45) is 1.97. The molecule has 0 saturated carbocycles. The number of rotatable bonds is 13. The molecule has 1 aromatic heterocycles. The zero-order chi connectivity index (χ0) is 35.6. The minimum absolute atomic E-state index is 0.0645. The van der Waals surface area contributed by atoms with Gasteiger partial charge in [-0.05, 0) is 62.1 Å². The molecule has 0 radical (unpaired) electrons. The second-order valence-electron chi connectivity index (χ2n) is 12.7. The Labute approximate surface area is 293 Å². The highest BCUT2D eigenvalue weighted by Crippen LogP contribution is 2.40. The predicted molar refractivity (Wildman–Crippen MR) is 190 cm³/mol. The molecule has 0 bridgehead atoms. The van der Waals surface area contributed by atoms with Crippen molar-refractivity contribution in [3.05, 3.63) is 101 Å². The zero-order valence-electron chi connectivity index (χ0n) is 29.1. The maximum atomic E-state index is 14.4. The number of carbonyl (C=O) groups excluding carboxylic acids is 2. The lowest BCUT2D eigenvalue weighted by atomic mass is 9.99. The number of aryl methyl sites for hydroxylation is 1. The summed E-state index contributed by atoms with van der Waals surface area (Å²) in [5, 5.41) is 0.0645. The summed E-state index contributed by atoms with van der Waals surface area (Å²) in [7, 11) is 0.890. The smallest absolute Gasteiger partial charge is 0.264 e. The Morgan fingerprint density at radius 3 is 2.26 bits per heavy atom. The summed E-state index contributed by atoms with van der Waals surface area (Å²) in [5.74, 6) is 0.801. The monoisotopic (exact) mass is 700 g/mol. The highest BCUT2D eigenvalue weighted by molar-refractivity contribution is 7.89. The van der Waals surface area contributed by atoms with E-state index in [1.165, 1.54) is 28.3 Å². The molecule has 12 nitrogen and oxygen atoms in total. The molecule has 2 aliphatic rings. The molecule has 3 aromatic carbocycles. The fraction of sp³-hybridized carbons (Fsp3) is 0.378. The van der Waals surface area contributed by atoms with E-state index in [0.717, 1.165) is 18.8 Å². The van der Waals surface area contributed by atoms with E-state index < -0.39 is 16.1 Å². The normalized spacial score (nSPS) is 16.4. The fourth-order valence-corrected chi connectivity index (χ4v) is 8.18. The van der Waals surface area contributed by atoms with Crippen LogP contribution in [0.1, 0.15) is 69.5 Å². The van der Waals surface area contributed by atoms with E-state index in [1.54, 1.807) is 39.3 Å². The molecule has 1 saturated heterocycles. The number of amides is 2. The molecule has 6 rings (SSSR count). The molecule has 0 spiro atoms. The van der Waals surface area contributed by atoms with Crippen molar-refractivity contribution < 1.29 is 27.5 Å². The second kappa shape index (κ2) is 14.6. The van der Waals surface area contributed by atoms with Gasteiger partial charge in [0.15, 0.2) is 16.5 Å². The first-order chi connectivity index (χ1) is 24.1. The van der Waals surface area contributed by atoms with Crippen LogP contribution in [-0.2, 0) is 17.1 Å². The summed E-state index contributed by atoms with van der Waals surface area (Å²) in [6, 6.07) is 20.8. The van der Waals surface area contributed by atoms with E-state index >= 15 is 0 Å². The van der Waals surface area contributed by atoms with Crippen molar-refractivity contribution in [2.75, 3.05) is 51.8 Å². The number of piperazine rings is 1. The van der Waals surface area contributed by atoms with Gasteiger partial charge in [0, 0.05) is 45.8 Å². The average Bonchev–Trinajstić information content (AvgIpc) is 3.62. The SMILES string of the molecule is COc1ccc([C@@H](CCCNS(=O)(=O)c2cnc(C)n2C)N2C(=O)c3cccc(N4CCN(C(C)c5ccccc5)CC4)c3C2=O)cc1OC. The van der Waals surface area contributed by atoms with Gasteiger partial charge in [-0.25, -0.2) is 18.1 Å². The van der Waals surface area contributed by atoms with Gasteiger partial charge in [0.2, 0.25) is 0 Å². The lowest BCUT2D eigenvalue weighted by Crippen LogP contribution is -2.47. The molecule has 3 heterocycles. The standard InChI is InChI=1S/C37H44N6O6S/c1-25(27-11-7-6-8-12-27)41-19-21-42(22-20-41)31-14-9-13-29-35(31)37(45)43(36(29)44)30(28-16-17-32(48-4)33(23-28)49-5)15-10-18-39-50(46,47)34-24-38-26(2)40(34)3/h6-9,11-14,16-17,23-25,30,39H,10,15,18-22H2,1-5H3/t25?,30-/m1/s1. The summed E-state index contributed by atoms with van der Waals surface area (Å²) >= 11 is 0. The van der Waals surface area contributed by atoms with Crippen LogP contribution in [0.2, 0.25) is 0 Å². The Bertz CT molecular complexity index is 1970. The van der Waals surface area contributed by atoms with Crippen LogP contribution in [0.3, 0.4) is 0 Å². The van der Waals surface area contributed by atoms with Crippen LogP contribution in [0.25, 0.3) is 0 Å².